The van der Waals surface area contributed by atoms with Crippen molar-refractivity contribution in [3.05, 3.63) is 0 Å². The lowest BCUT2D eigenvalue weighted by atomic mass is 9.90. The molecule has 0 aromatic carbocycles. The number of hydrogen-bond donors (Lipinski definition) is 2. The molecule has 2 N–H and O–H groups in total. The van der Waals surface area contributed by atoms with Gasteiger partial charge < -0.3 is 25.0 Å². The molecule has 4 atom stereocenters. The summed E-state index contributed by atoms with van der Waals surface area (Å²) in [6.07, 6.45) is 5.43. The minimum atomic E-state index is -0.133. The Kier molecular flexibility index (Phi) is 4.12. The molecule has 1 spiro atoms. The summed E-state index contributed by atoms with van der Waals surface area (Å²) < 4.78 is 5.77. The molecule has 1 aliphatic carbocycles. The van der Waals surface area contributed by atoms with Crippen molar-refractivity contribution in [3.63, 3.8) is 0 Å². The summed E-state index contributed by atoms with van der Waals surface area (Å²) >= 11 is 0. The van der Waals surface area contributed by atoms with E-state index in [4.69, 9.17) is 4.74 Å². The van der Waals surface area contributed by atoms with E-state index in [0.29, 0.717) is 6.61 Å². The maximum Gasteiger partial charge on any atom is 0.241 e. The second-order valence-corrected chi connectivity index (χ2v) is 7.89. The van der Waals surface area contributed by atoms with Gasteiger partial charge in [-0.3, -0.25) is 4.79 Å². The second-order valence-electron chi connectivity index (χ2n) is 7.89. The van der Waals surface area contributed by atoms with Crippen LogP contribution >= 0.6 is 0 Å². The molecule has 2 unspecified atom stereocenters. The van der Waals surface area contributed by atoms with E-state index in [2.05, 4.69) is 10.2 Å². The van der Waals surface area contributed by atoms with E-state index in [1.54, 1.807) is 0 Å². The van der Waals surface area contributed by atoms with E-state index in [1.807, 2.05) is 11.8 Å². The van der Waals surface area contributed by atoms with Crippen LogP contribution in [0, 0.1) is 5.41 Å². The molecule has 4 aliphatic rings. The highest BCUT2D eigenvalue weighted by Gasteiger charge is 2.51. The molecule has 1 amide bonds. The van der Waals surface area contributed by atoms with Crippen molar-refractivity contribution in [3.8, 4) is 0 Å². The summed E-state index contributed by atoms with van der Waals surface area (Å²) in [5.41, 5.74) is 0.284. The van der Waals surface area contributed by atoms with Crippen molar-refractivity contribution < 1.29 is 14.6 Å². The first-order valence-corrected chi connectivity index (χ1v) is 9.17. The molecule has 0 bridgehead atoms. The van der Waals surface area contributed by atoms with Crippen LogP contribution in [0.1, 0.15) is 39.0 Å². The van der Waals surface area contributed by atoms with E-state index in [1.165, 1.54) is 12.8 Å². The number of nitrogens with one attached hydrogen (secondary N) is 1. The molecular weight excluding hydrogens is 294 g/mol. The molecule has 1 saturated carbocycles. The Morgan fingerprint density at radius 2 is 2.22 bits per heavy atom. The number of fused-ring (bicyclic) bond motifs is 1. The zero-order chi connectivity index (χ0) is 16.0. The van der Waals surface area contributed by atoms with Gasteiger partial charge in [0.1, 0.15) is 6.23 Å². The molecule has 23 heavy (non-hydrogen) atoms. The van der Waals surface area contributed by atoms with Crippen molar-refractivity contribution in [1.82, 2.24) is 15.1 Å². The summed E-state index contributed by atoms with van der Waals surface area (Å²) in [4.78, 5) is 16.7. The van der Waals surface area contributed by atoms with Gasteiger partial charge in [-0.15, -0.1) is 0 Å². The van der Waals surface area contributed by atoms with Gasteiger partial charge in [-0.25, -0.2) is 0 Å². The number of aliphatic hydroxyl groups excluding tert-OH is 1. The first-order valence-electron chi connectivity index (χ1n) is 9.17. The van der Waals surface area contributed by atoms with Crippen LogP contribution in [0.15, 0.2) is 0 Å². The number of rotatable bonds is 4. The molecule has 130 valence electrons. The van der Waals surface area contributed by atoms with Gasteiger partial charge in [-0.05, 0) is 57.5 Å². The van der Waals surface area contributed by atoms with Gasteiger partial charge in [-0.2, -0.15) is 0 Å². The molecule has 0 aromatic rings. The summed E-state index contributed by atoms with van der Waals surface area (Å²) in [7, 11) is 0. The van der Waals surface area contributed by atoms with Gasteiger partial charge in [0.15, 0.2) is 0 Å². The Bertz CT molecular complexity index is 468. The number of piperidine rings is 1. The number of carbonyl (C=O) groups is 1. The number of β-amino-alcohol motifs (C(OH)–C–C–N with tert-alkyl or cyclic N) is 1. The standard InChI is InChI=1S/C17H29N3O3/c1-12-16(22)20-13(11-23-15(20)9-18-12)3-2-7-19-8-6-17(4-5-17)14(21)10-19/h12-15,18,21H,2-11H2,1H3/t12-,13-,14?,15?/m0/s1. The summed E-state index contributed by atoms with van der Waals surface area (Å²) in [5.74, 6) is 0.174. The first-order chi connectivity index (χ1) is 11.1. The van der Waals surface area contributed by atoms with Crippen molar-refractivity contribution in [2.24, 2.45) is 5.41 Å². The number of hydrogen-bond acceptors (Lipinski definition) is 5. The largest absolute Gasteiger partial charge is 0.391 e. The summed E-state index contributed by atoms with van der Waals surface area (Å²) in [5, 5.41) is 13.5. The maximum atomic E-state index is 12.3. The Hall–Kier alpha value is -0.690. The van der Waals surface area contributed by atoms with Gasteiger partial charge >= 0.3 is 0 Å². The number of ether oxygens (including phenoxy) is 1. The average molecular weight is 323 g/mol. The highest BCUT2D eigenvalue weighted by Crippen LogP contribution is 2.53. The van der Waals surface area contributed by atoms with E-state index < -0.39 is 0 Å². The van der Waals surface area contributed by atoms with Crippen LogP contribution < -0.4 is 5.32 Å². The third-order valence-corrected chi connectivity index (χ3v) is 6.38. The normalized spacial score (nSPS) is 39.7. The minimum absolute atomic E-state index is 0.0739. The number of nitrogens with zero attached hydrogens (tertiary/aromatic N) is 2. The Morgan fingerprint density at radius 1 is 1.39 bits per heavy atom. The van der Waals surface area contributed by atoms with E-state index in [0.717, 1.165) is 45.4 Å². The van der Waals surface area contributed by atoms with E-state index in [-0.39, 0.29) is 35.7 Å². The van der Waals surface area contributed by atoms with Crippen LogP contribution in [0.5, 0.6) is 0 Å². The van der Waals surface area contributed by atoms with E-state index >= 15 is 0 Å². The van der Waals surface area contributed by atoms with Crippen LogP contribution in [-0.2, 0) is 9.53 Å². The lowest BCUT2D eigenvalue weighted by Crippen LogP contribution is -2.59. The highest BCUT2D eigenvalue weighted by molar-refractivity contribution is 5.83. The molecule has 3 heterocycles. The zero-order valence-corrected chi connectivity index (χ0v) is 14.0. The van der Waals surface area contributed by atoms with Gasteiger partial charge in [0.05, 0.1) is 24.8 Å². The lowest BCUT2D eigenvalue weighted by Gasteiger charge is -2.37. The van der Waals surface area contributed by atoms with Crippen molar-refractivity contribution in [1.29, 1.82) is 0 Å². The van der Waals surface area contributed by atoms with Crippen LogP contribution in [0.4, 0.5) is 0 Å². The SMILES string of the molecule is C[C@@H]1NCC2OC[C@H](CCCN3CCC4(CC4)C(O)C3)N2C1=O. The quantitative estimate of drug-likeness (QED) is 0.771. The fourth-order valence-corrected chi connectivity index (χ4v) is 4.48. The van der Waals surface area contributed by atoms with Crippen LogP contribution in [0.3, 0.4) is 0 Å². The monoisotopic (exact) mass is 323 g/mol. The predicted octanol–water partition coefficient (Wildman–Crippen LogP) is 0.159. The highest BCUT2D eigenvalue weighted by atomic mass is 16.5. The summed E-state index contributed by atoms with van der Waals surface area (Å²) in [6, 6.07) is 0.129. The van der Waals surface area contributed by atoms with Gasteiger partial charge in [0, 0.05) is 13.1 Å². The number of amides is 1. The van der Waals surface area contributed by atoms with E-state index in [9.17, 15) is 9.90 Å². The van der Waals surface area contributed by atoms with Crippen LogP contribution in [0.2, 0.25) is 0 Å². The van der Waals surface area contributed by atoms with Gasteiger partial charge in [0.25, 0.3) is 0 Å². The molecule has 0 aromatic heterocycles. The molecule has 6 heteroatoms. The molecule has 4 fully saturated rings. The Labute approximate surface area is 138 Å². The Balaban J connectivity index is 1.24. The number of likely N-dealkylation sites (tertiary alicyclic amines) is 1. The fourth-order valence-electron chi connectivity index (χ4n) is 4.48. The van der Waals surface area contributed by atoms with Crippen molar-refractivity contribution in [2.75, 3.05) is 32.8 Å². The number of aliphatic hydroxyl groups is 1. The van der Waals surface area contributed by atoms with Crippen molar-refractivity contribution in [2.45, 2.75) is 63.4 Å². The molecule has 4 rings (SSSR count). The van der Waals surface area contributed by atoms with Crippen molar-refractivity contribution >= 4 is 5.91 Å². The molecular formula is C17H29N3O3. The number of carbonyl (C=O) groups excluding carboxylic acids is 1. The predicted molar refractivity (Wildman–Crippen MR) is 85.8 cm³/mol. The van der Waals surface area contributed by atoms with Crippen LogP contribution in [0.25, 0.3) is 0 Å². The fraction of sp³-hybridized carbons (Fsp3) is 0.941. The third-order valence-electron chi connectivity index (χ3n) is 6.38. The third kappa shape index (κ3) is 2.90. The van der Waals surface area contributed by atoms with Crippen LogP contribution in [-0.4, -0.2) is 78.0 Å². The lowest BCUT2D eigenvalue weighted by molar-refractivity contribution is -0.143. The van der Waals surface area contributed by atoms with Gasteiger partial charge in [0.2, 0.25) is 5.91 Å². The topological polar surface area (TPSA) is 65.0 Å². The maximum absolute atomic E-state index is 12.3. The molecule has 0 radical (unpaired) electrons. The summed E-state index contributed by atoms with van der Waals surface area (Å²) in [6.45, 7) is 6.29. The average Bonchev–Trinajstić information content (AvgIpc) is 3.21. The second kappa shape index (κ2) is 5.99. The molecule has 3 saturated heterocycles. The number of piperazine rings is 1. The smallest absolute Gasteiger partial charge is 0.241 e. The minimum Gasteiger partial charge on any atom is -0.391 e. The zero-order valence-electron chi connectivity index (χ0n) is 14.0. The molecule has 6 nitrogen and oxygen atoms in total. The van der Waals surface area contributed by atoms with Gasteiger partial charge in [-0.1, -0.05) is 0 Å². The first kappa shape index (κ1) is 15.8. The molecule has 3 aliphatic heterocycles. The Morgan fingerprint density at radius 3 is 2.96 bits per heavy atom.